The van der Waals surface area contributed by atoms with E-state index in [1.165, 1.54) is 11.5 Å². The lowest BCUT2D eigenvalue weighted by molar-refractivity contribution is 0.121. The molecule has 1 aliphatic heterocycles. The summed E-state index contributed by atoms with van der Waals surface area (Å²) in [6, 6.07) is 0.242. The van der Waals surface area contributed by atoms with Crippen LogP contribution in [0.25, 0.3) is 0 Å². The van der Waals surface area contributed by atoms with Gasteiger partial charge in [0.05, 0.1) is 12.4 Å². The molecule has 1 fully saturated rings. The Kier molecular flexibility index (Phi) is 6.26. The third kappa shape index (κ3) is 5.09. The number of nitrogens with zero attached hydrogens (tertiary/aromatic N) is 3. The summed E-state index contributed by atoms with van der Waals surface area (Å²) in [5.41, 5.74) is 0. The lowest BCUT2D eigenvalue weighted by Gasteiger charge is -2.29. The first kappa shape index (κ1) is 15.3. The second-order valence-electron chi connectivity index (χ2n) is 4.70. The van der Waals surface area contributed by atoms with Gasteiger partial charge in [-0.15, -0.1) is 6.58 Å². The Bertz CT molecular complexity index is 409. The normalized spacial score (nSPS) is 17.6. The predicted molar refractivity (Wildman–Crippen MR) is 79.6 cm³/mol. The fourth-order valence-corrected chi connectivity index (χ4v) is 3.05. The lowest BCUT2D eigenvalue weighted by Crippen LogP contribution is -2.40. The summed E-state index contributed by atoms with van der Waals surface area (Å²) >= 11 is 1.98. The molecule has 1 aromatic rings. The maximum absolute atomic E-state index is 12.8. The van der Waals surface area contributed by atoms with Crippen LogP contribution < -0.4 is 4.74 Å². The van der Waals surface area contributed by atoms with Crippen molar-refractivity contribution in [3.8, 4) is 6.01 Å². The highest BCUT2D eigenvalue weighted by Crippen LogP contribution is 2.14. The molecule has 2 rings (SSSR count). The van der Waals surface area contributed by atoms with Gasteiger partial charge in [-0.1, -0.05) is 6.08 Å². The van der Waals surface area contributed by atoms with Crippen LogP contribution in [-0.2, 0) is 0 Å². The molecule has 0 radical (unpaired) electrons. The van der Waals surface area contributed by atoms with Crippen LogP contribution in [0.3, 0.4) is 0 Å². The van der Waals surface area contributed by atoms with E-state index in [1.807, 2.05) is 17.8 Å². The molecule has 1 atom stereocenters. The number of hydrogen-bond donors (Lipinski definition) is 0. The Balaban J connectivity index is 1.91. The fraction of sp³-hybridized carbons (Fsp3) is 0.571. The monoisotopic (exact) mass is 297 g/mol. The first-order valence-corrected chi connectivity index (χ1v) is 7.98. The van der Waals surface area contributed by atoms with E-state index in [9.17, 15) is 4.39 Å². The van der Waals surface area contributed by atoms with Gasteiger partial charge in [-0.2, -0.15) is 11.8 Å². The molecule has 0 amide bonds. The van der Waals surface area contributed by atoms with Crippen LogP contribution in [0.15, 0.2) is 25.0 Å². The predicted octanol–water partition coefficient (Wildman–Crippen LogP) is 2.38. The zero-order valence-corrected chi connectivity index (χ0v) is 12.3. The van der Waals surface area contributed by atoms with Crippen molar-refractivity contribution in [2.75, 3.05) is 31.1 Å². The molecule has 0 aromatic carbocycles. The lowest BCUT2D eigenvalue weighted by atomic mass is 10.2. The van der Waals surface area contributed by atoms with E-state index in [1.54, 1.807) is 0 Å². The summed E-state index contributed by atoms with van der Waals surface area (Å²) in [5, 5.41) is 0. The number of allylic oxidation sites excluding steroid dienone is 1. The number of aromatic nitrogens is 2. The third-order valence-electron chi connectivity index (χ3n) is 3.13. The number of rotatable bonds is 7. The highest BCUT2D eigenvalue weighted by Gasteiger charge is 2.18. The Labute approximate surface area is 123 Å². The summed E-state index contributed by atoms with van der Waals surface area (Å²) in [6.45, 7) is 6.77. The summed E-state index contributed by atoms with van der Waals surface area (Å²) in [5.74, 6) is 1.88. The van der Waals surface area contributed by atoms with Gasteiger partial charge in [0, 0.05) is 31.1 Å². The molecule has 20 heavy (non-hydrogen) atoms. The minimum Gasteiger partial charge on any atom is -0.459 e. The minimum atomic E-state index is -0.451. The molecule has 6 heteroatoms. The zero-order valence-electron chi connectivity index (χ0n) is 11.5. The summed E-state index contributed by atoms with van der Waals surface area (Å²) in [7, 11) is 0. The van der Waals surface area contributed by atoms with Gasteiger partial charge < -0.3 is 4.74 Å². The largest absolute Gasteiger partial charge is 0.459 e. The molecule has 2 heterocycles. The van der Waals surface area contributed by atoms with Gasteiger partial charge >= 0.3 is 6.01 Å². The molecule has 4 nitrogen and oxygen atoms in total. The molecular formula is C14H20FN3OS. The van der Waals surface area contributed by atoms with Crippen molar-refractivity contribution >= 4 is 11.8 Å². The van der Waals surface area contributed by atoms with Gasteiger partial charge in [-0.05, 0) is 12.8 Å². The summed E-state index contributed by atoms with van der Waals surface area (Å²) in [4.78, 5) is 10.1. The maximum atomic E-state index is 12.8. The average Bonchev–Trinajstić information content (AvgIpc) is 2.48. The molecule has 1 saturated heterocycles. The second-order valence-corrected chi connectivity index (χ2v) is 5.93. The number of thioether (sulfide) groups is 1. The molecule has 0 N–H and O–H groups in total. The van der Waals surface area contributed by atoms with Crippen LogP contribution in [0.4, 0.5) is 4.39 Å². The van der Waals surface area contributed by atoms with Crippen molar-refractivity contribution in [2.24, 2.45) is 0 Å². The van der Waals surface area contributed by atoms with Crippen LogP contribution in [0.2, 0.25) is 0 Å². The average molecular weight is 297 g/mol. The molecule has 0 bridgehead atoms. The molecule has 1 unspecified atom stereocenters. The highest BCUT2D eigenvalue weighted by molar-refractivity contribution is 7.99. The van der Waals surface area contributed by atoms with E-state index in [-0.39, 0.29) is 12.1 Å². The molecule has 0 spiro atoms. The van der Waals surface area contributed by atoms with E-state index >= 15 is 0 Å². The van der Waals surface area contributed by atoms with E-state index in [2.05, 4.69) is 21.4 Å². The SMILES string of the molecule is C=CCCC(CN1CCSCC1)Oc1ncc(F)cn1. The van der Waals surface area contributed by atoms with Gasteiger partial charge in [0.25, 0.3) is 0 Å². The number of halogens is 1. The Morgan fingerprint density at radius 2 is 2.10 bits per heavy atom. The van der Waals surface area contributed by atoms with Gasteiger partial charge in [-0.25, -0.2) is 14.4 Å². The van der Waals surface area contributed by atoms with Gasteiger partial charge in [0.2, 0.25) is 0 Å². The number of ether oxygens (including phenoxy) is 1. The van der Waals surface area contributed by atoms with Crippen molar-refractivity contribution in [1.82, 2.24) is 14.9 Å². The summed E-state index contributed by atoms with van der Waals surface area (Å²) in [6.07, 6.45) is 5.91. The third-order valence-corrected chi connectivity index (χ3v) is 4.07. The molecule has 110 valence electrons. The molecule has 1 aliphatic rings. The Morgan fingerprint density at radius 3 is 2.75 bits per heavy atom. The van der Waals surface area contributed by atoms with Crippen LogP contribution in [0, 0.1) is 5.82 Å². The van der Waals surface area contributed by atoms with Crippen molar-refractivity contribution in [3.63, 3.8) is 0 Å². The van der Waals surface area contributed by atoms with Crippen molar-refractivity contribution in [3.05, 3.63) is 30.9 Å². The maximum Gasteiger partial charge on any atom is 0.316 e. The quantitative estimate of drug-likeness (QED) is 0.723. The fourth-order valence-electron chi connectivity index (χ4n) is 2.07. The van der Waals surface area contributed by atoms with E-state index in [0.29, 0.717) is 0 Å². The standard InChI is InChI=1S/C14H20FN3OS/c1-2-3-4-13(11-18-5-7-20-8-6-18)19-14-16-9-12(15)10-17-14/h2,9-10,13H,1,3-8,11H2. The first-order chi connectivity index (χ1) is 9.78. The smallest absolute Gasteiger partial charge is 0.316 e. The van der Waals surface area contributed by atoms with Gasteiger partial charge in [-0.3, -0.25) is 4.90 Å². The van der Waals surface area contributed by atoms with Crippen molar-refractivity contribution in [1.29, 1.82) is 0 Å². The van der Waals surface area contributed by atoms with Crippen molar-refractivity contribution in [2.45, 2.75) is 18.9 Å². The Morgan fingerprint density at radius 1 is 1.40 bits per heavy atom. The van der Waals surface area contributed by atoms with Crippen LogP contribution >= 0.6 is 11.8 Å². The van der Waals surface area contributed by atoms with Gasteiger partial charge in [0.1, 0.15) is 6.10 Å². The van der Waals surface area contributed by atoms with Gasteiger partial charge in [0.15, 0.2) is 5.82 Å². The first-order valence-electron chi connectivity index (χ1n) is 6.83. The van der Waals surface area contributed by atoms with Crippen LogP contribution in [-0.4, -0.2) is 52.1 Å². The molecule has 1 aromatic heterocycles. The van der Waals surface area contributed by atoms with Crippen LogP contribution in [0.5, 0.6) is 6.01 Å². The minimum absolute atomic E-state index is 0.0153. The van der Waals surface area contributed by atoms with E-state index in [4.69, 9.17) is 4.74 Å². The molecular weight excluding hydrogens is 277 g/mol. The number of hydrogen-bond acceptors (Lipinski definition) is 5. The Hall–Kier alpha value is -1.14. The topological polar surface area (TPSA) is 38.2 Å². The second kappa shape index (κ2) is 8.21. The highest BCUT2D eigenvalue weighted by atomic mass is 32.2. The van der Waals surface area contributed by atoms with E-state index < -0.39 is 5.82 Å². The van der Waals surface area contributed by atoms with Crippen LogP contribution in [0.1, 0.15) is 12.8 Å². The van der Waals surface area contributed by atoms with E-state index in [0.717, 1.165) is 44.9 Å². The molecule has 0 saturated carbocycles. The van der Waals surface area contributed by atoms with Crippen molar-refractivity contribution < 1.29 is 9.13 Å². The molecule has 0 aliphatic carbocycles. The zero-order chi connectivity index (χ0) is 14.2. The summed E-state index contributed by atoms with van der Waals surface area (Å²) < 4.78 is 18.6.